The Hall–Kier alpha value is -0.0800. The molecule has 0 bridgehead atoms. The average Bonchev–Trinajstić information content (AvgIpc) is 2.40. The molecular weight excluding hydrogens is 248 g/mol. The van der Waals surface area contributed by atoms with Crippen molar-refractivity contribution in [3.63, 3.8) is 0 Å². The van der Waals surface area contributed by atoms with E-state index in [-0.39, 0.29) is 35.9 Å². The quantitative estimate of drug-likeness (QED) is 0.581. The predicted octanol–water partition coefficient (Wildman–Crippen LogP) is 4.63. The van der Waals surface area contributed by atoms with Gasteiger partial charge in [0.05, 0.1) is 12.2 Å². The van der Waals surface area contributed by atoms with E-state index in [4.69, 9.17) is 0 Å². The molecule has 0 aliphatic rings. The highest BCUT2D eigenvalue weighted by atomic mass is 16.3. The summed E-state index contributed by atoms with van der Waals surface area (Å²) in [5.74, 6) is 0.999. The molecule has 0 aliphatic heterocycles. The minimum absolute atomic E-state index is 0.235. The van der Waals surface area contributed by atoms with Crippen molar-refractivity contribution in [3.05, 3.63) is 0 Å². The van der Waals surface area contributed by atoms with E-state index in [9.17, 15) is 10.2 Å². The molecule has 20 heavy (non-hydrogen) atoms. The lowest BCUT2D eigenvalue weighted by atomic mass is 9.73. The zero-order chi connectivity index (χ0) is 15.7. The van der Waals surface area contributed by atoms with Gasteiger partial charge in [0.15, 0.2) is 0 Å². The molecule has 2 nitrogen and oxygen atoms in total. The monoisotopic (exact) mass is 286 g/mol. The summed E-state index contributed by atoms with van der Waals surface area (Å²) < 4.78 is 0. The Bertz CT molecular complexity index is 201. The molecule has 0 spiro atoms. The van der Waals surface area contributed by atoms with E-state index in [1.54, 1.807) is 0 Å². The van der Waals surface area contributed by atoms with Gasteiger partial charge in [0, 0.05) is 0 Å². The van der Waals surface area contributed by atoms with Crippen LogP contribution in [0, 0.1) is 23.7 Å². The third-order valence-electron chi connectivity index (χ3n) is 4.58. The molecule has 0 radical (unpaired) electrons. The van der Waals surface area contributed by atoms with Crippen LogP contribution in [0.1, 0.15) is 80.1 Å². The van der Waals surface area contributed by atoms with E-state index in [1.807, 2.05) is 0 Å². The van der Waals surface area contributed by atoms with Gasteiger partial charge in [0.25, 0.3) is 0 Å². The summed E-state index contributed by atoms with van der Waals surface area (Å²) in [4.78, 5) is 0. The Morgan fingerprint density at radius 1 is 0.650 bits per heavy atom. The Balaban J connectivity index is 5.04. The predicted molar refractivity (Wildman–Crippen MR) is 87.7 cm³/mol. The summed E-state index contributed by atoms with van der Waals surface area (Å²) in [5, 5.41) is 21.2. The largest absolute Gasteiger partial charge is 0.393 e. The molecule has 0 saturated carbocycles. The smallest absolute Gasteiger partial charge is 0.0594 e. The fraction of sp³-hybridized carbons (Fsp3) is 1.00. The minimum atomic E-state index is -0.295. The first-order valence-corrected chi connectivity index (χ1v) is 8.72. The van der Waals surface area contributed by atoms with Gasteiger partial charge < -0.3 is 10.2 Å². The van der Waals surface area contributed by atoms with Crippen LogP contribution in [0.4, 0.5) is 0 Å². The van der Waals surface area contributed by atoms with Gasteiger partial charge >= 0.3 is 0 Å². The van der Waals surface area contributed by atoms with Crippen molar-refractivity contribution in [1.82, 2.24) is 0 Å². The van der Waals surface area contributed by atoms with Crippen LogP contribution in [-0.4, -0.2) is 22.4 Å². The van der Waals surface area contributed by atoms with E-state index in [0.717, 1.165) is 38.5 Å². The van der Waals surface area contributed by atoms with Crippen molar-refractivity contribution >= 4 is 0 Å². The van der Waals surface area contributed by atoms with Gasteiger partial charge in [-0.2, -0.15) is 0 Å². The molecule has 4 atom stereocenters. The van der Waals surface area contributed by atoms with Crippen molar-refractivity contribution in [1.29, 1.82) is 0 Å². The molecule has 0 aromatic heterocycles. The van der Waals surface area contributed by atoms with Crippen LogP contribution in [0.15, 0.2) is 0 Å². The average molecular weight is 286 g/mol. The fourth-order valence-electron chi connectivity index (χ4n) is 3.14. The molecular formula is C18H38O2. The van der Waals surface area contributed by atoms with E-state index >= 15 is 0 Å². The van der Waals surface area contributed by atoms with Gasteiger partial charge in [-0.15, -0.1) is 0 Å². The summed E-state index contributed by atoms with van der Waals surface area (Å²) in [6.07, 6.45) is 6.07. The number of hydrogen-bond donors (Lipinski definition) is 2. The highest BCUT2D eigenvalue weighted by Gasteiger charge is 2.34. The molecule has 2 heteroatoms. The first-order valence-electron chi connectivity index (χ1n) is 8.72. The maximum absolute atomic E-state index is 10.6. The van der Waals surface area contributed by atoms with Crippen molar-refractivity contribution in [3.8, 4) is 0 Å². The Morgan fingerprint density at radius 3 is 1.15 bits per heavy atom. The van der Waals surface area contributed by atoms with Gasteiger partial charge in [0.1, 0.15) is 0 Å². The van der Waals surface area contributed by atoms with Gasteiger partial charge in [-0.3, -0.25) is 0 Å². The SMILES string of the molecule is CCCCC(C(O)C(C)C)C(CCCC)C(O)C(C)C. The van der Waals surface area contributed by atoms with E-state index in [0.29, 0.717) is 0 Å². The van der Waals surface area contributed by atoms with Crippen LogP contribution >= 0.6 is 0 Å². The maximum atomic E-state index is 10.6. The third kappa shape index (κ3) is 6.58. The standard InChI is InChI=1S/C18H38O2/c1-7-9-11-15(17(19)13(3)4)16(12-10-8-2)18(20)14(5)6/h13-20H,7-12H2,1-6H3. The lowest BCUT2D eigenvalue weighted by Gasteiger charge is -2.37. The zero-order valence-corrected chi connectivity index (χ0v) is 14.6. The Morgan fingerprint density at radius 2 is 0.950 bits per heavy atom. The molecule has 0 aromatic rings. The third-order valence-corrected chi connectivity index (χ3v) is 4.58. The van der Waals surface area contributed by atoms with Crippen LogP contribution in [0.3, 0.4) is 0 Å². The van der Waals surface area contributed by atoms with E-state index in [2.05, 4.69) is 41.5 Å². The molecule has 0 aromatic carbocycles. The van der Waals surface area contributed by atoms with Crippen molar-refractivity contribution < 1.29 is 10.2 Å². The summed E-state index contributed by atoms with van der Waals surface area (Å²) in [7, 11) is 0. The number of aliphatic hydroxyl groups excluding tert-OH is 2. The topological polar surface area (TPSA) is 40.5 Å². The number of rotatable bonds is 11. The molecule has 4 unspecified atom stereocenters. The van der Waals surface area contributed by atoms with Crippen molar-refractivity contribution in [2.45, 2.75) is 92.3 Å². The second kappa shape index (κ2) is 10.6. The maximum Gasteiger partial charge on any atom is 0.0594 e. The van der Waals surface area contributed by atoms with Crippen LogP contribution in [0.2, 0.25) is 0 Å². The molecule has 2 N–H and O–H groups in total. The van der Waals surface area contributed by atoms with E-state index < -0.39 is 0 Å². The second-order valence-corrected chi connectivity index (χ2v) is 7.08. The van der Waals surface area contributed by atoms with Crippen molar-refractivity contribution in [2.75, 3.05) is 0 Å². The minimum Gasteiger partial charge on any atom is -0.393 e. The summed E-state index contributed by atoms with van der Waals surface area (Å²) in [6, 6.07) is 0. The lowest BCUT2D eigenvalue weighted by Crippen LogP contribution is -2.40. The van der Waals surface area contributed by atoms with Gasteiger partial charge in [0.2, 0.25) is 0 Å². The van der Waals surface area contributed by atoms with Gasteiger partial charge in [-0.05, 0) is 36.5 Å². The Labute approximate surface area is 127 Å². The molecule has 0 rings (SSSR count). The normalized spacial score (nSPS) is 18.3. The zero-order valence-electron chi connectivity index (χ0n) is 14.6. The van der Waals surface area contributed by atoms with Gasteiger partial charge in [-0.25, -0.2) is 0 Å². The summed E-state index contributed by atoms with van der Waals surface area (Å²) in [6.45, 7) is 12.7. The van der Waals surface area contributed by atoms with Gasteiger partial charge in [-0.1, -0.05) is 67.2 Å². The van der Waals surface area contributed by atoms with Crippen LogP contribution in [-0.2, 0) is 0 Å². The molecule has 0 amide bonds. The van der Waals surface area contributed by atoms with Crippen LogP contribution in [0.25, 0.3) is 0 Å². The summed E-state index contributed by atoms with van der Waals surface area (Å²) >= 11 is 0. The Kier molecular flexibility index (Phi) is 10.6. The first-order chi connectivity index (χ1) is 9.36. The highest BCUT2D eigenvalue weighted by Crippen LogP contribution is 2.34. The number of unbranched alkanes of at least 4 members (excludes halogenated alkanes) is 2. The molecule has 122 valence electrons. The first kappa shape index (κ1) is 19.9. The highest BCUT2D eigenvalue weighted by molar-refractivity contribution is 4.84. The van der Waals surface area contributed by atoms with E-state index in [1.165, 1.54) is 0 Å². The molecule has 0 aliphatic carbocycles. The second-order valence-electron chi connectivity index (χ2n) is 7.08. The molecule has 0 fully saturated rings. The number of aliphatic hydroxyl groups is 2. The van der Waals surface area contributed by atoms with Crippen molar-refractivity contribution in [2.24, 2.45) is 23.7 Å². The fourth-order valence-corrected chi connectivity index (χ4v) is 3.14. The lowest BCUT2D eigenvalue weighted by molar-refractivity contribution is -0.0370. The molecule has 0 saturated heterocycles. The van der Waals surface area contributed by atoms with Crippen LogP contribution in [0.5, 0.6) is 0 Å². The van der Waals surface area contributed by atoms with Crippen LogP contribution < -0.4 is 0 Å². The molecule has 0 heterocycles. The number of hydrogen-bond acceptors (Lipinski definition) is 2. The summed E-state index contributed by atoms with van der Waals surface area (Å²) in [5.41, 5.74) is 0.